The maximum Gasteiger partial charge on any atom is 0.0136 e. The Morgan fingerprint density at radius 3 is 3.00 bits per heavy atom. The van der Waals surface area contributed by atoms with Crippen LogP contribution in [0.5, 0.6) is 0 Å². The van der Waals surface area contributed by atoms with Gasteiger partial charge in [-0.05, 0) is 55.9 Å². The summed E-state index contributed by atoms with van der Waals surface area (Å²) in [4.78, 5) is 0. The molecule has 0 spiro atoms. The third kappa shape index (κ3) is 2.59. The lowest BCUT2D eigenvalue weighted by molar-refractivity contribution is 0.158. The Morgan fingerprint density at radius 1 is 1.24 bits per heavy atom. The first kappa shape index (κ1) is 11.8. The van der Waals surface area contributed by atoms with Crippen molar-refractivity contribution in [3.63, 3.8) is 0 Å². The van der Waals surface area contributed by atoms with Crippen LogP contribution in [-0.2, 0) is 0 Å². The van der Waals surface area contributed by atoms with E-state index in [2.05, 4.69) is 24.4 Å². The Labute approximate surface area is 106 Å². The molecule has 2 saturated carbocycles. The van der Waals surface area contributed by atoms with E-state index in [1.54, 1.807) is 0 Å². The minimum Gasteiger partial charge on any atom is -0.313 e. The van der Waals surface area contributed by atoms with Crippen LogP contribution in [0.25, 0.3) is 0 Å². The Kier molecular flexibility index (Phi) is 3.56. The molecule has 1 nitrogen and oxygen atoms in total. The van der Waals surface area contributed by atoms with E-state index in [1.165, 1.54) is 51.5 Å². The van der Waals surface area contributed by atoms with E-state index < -0.39 is 0 Å². The molecule has 0 amide bonds. The van der Waals surface area contributed by atoms with Crippen LogP contribution in [-0.4, -0.2) is 12.6 Å². The number of rotatable bonds is 4. The molecule has 2 fully saturated rings. The first-order chi connectivity index (χ1) is 8.33. The van der Waals surface area contributed by atoms with Gasteiger partial charge in [-0.3, -0.25) is 0 Å². The molecule has 5 atom stereocenters. The lowest BCUT2D eigenvalue weighted by Crippen LogP contribution is -2.48. The van der Waals surface area contributed by atoms with Gasteiger partial charge in [0.2, 0.25) is 0 Å². The average molecular weight is 233 g/mol. The lowest BCUT2D eigenvalue weighted by Gasteiger charge is -2.41. The number of allylic oxidation sites excluding steroid dienone is 1. The fraction of sp³-hybridized carbons (Fsp3) is 0.875. The van der Waals surface area contributed by atoms with Gasteiger partial charge in [-0.2, -0.15) is 0 Å². The molecule has 3 aliphatic rings. The van der Waals surface area contributed by atoms with Crippen molar-refractivity contribution in [1.29, 1.82) is 0 Å². The van der Waals surface area contributed by atoms with Gasteiger partial charge in [0, 0.05) is 6.04 Å². The van der Waals surface area contributed by atoms with E-state index in [1.807, 2.05) is 0 Å². The number of hydrogen-bond donors (Lipinski definition) is 1. The largest absolute Gasteiger partial charge is 0.313 e. The summed E-state index contributed by atoms with van der Waals surface area (Å²) in [5, 5.41) is 3.80. The second-order valence-corrected chi connectivity index (χ2v) is 6.72. The summed E-state index contributed by atoms with van der Waals surface area (Å²) < 4.78 is 0. The van der Waals surface area contributed by atoms with Crippen LogP contribution in [0.1, 0.15) is 51.9 Å². The summed E-state index contributed by atoms with van der Waals surface area (Å²) in [7, 11) is 0. The Bertz CT molecular complexity index is 283. The highest BCUT2D eigenvalue weighted by molar-refractivity contribution is 5.12. The van der Waals surface area contributed by atoms with E-state index in [9.17, 15) is 0 Å². The molecule has 1 heteroatoms. The van der Waals surface area contributed by atoms with Crippen molar-refractivity contribution in [1.82, 2.24) is 5.32 Å². The quantitative estimate of drug-likeness (QED) is 0.729. The molecular formula is C16H27N. The molecule has 0 radical (unpaired) electrons. The van der Waals surface area contributed by atoms with Crippen LogP contribution in [0.15, 0.2) is 12.2 Å². The molecule has 5 unspecified atom stereocenters. The van der Waals surface area contributed by atoms with Gasteiger partial charge in [0.15, 0.2) is 0 Å². The molecule has 0 saturated heterocycles. The summed E-state index contributed by atoms with van der Waals surface area (Å²) in [5.74, 6) is 3.89. The molecule has 1 N–H and O–H groups in total. The molecule has 0 heterocycles. The summed E-state index contributed by atoms with van der Waals surface area (Å²) in [6.45, 7) is 3.69. The summed E-state index contributed by atoms with van der Waals surface area (Å²) in [6.07, 6.45) is 15.0. The van der Waals surface area contributed by atoms with Crippen LogP contribution in [0, 0.1) is 23.7 Å². The van der Waals surface area contributed by atoms with Crippen LogP contribution >= 0.6 is 0 Å². The molecule has 17 heavy (non-hydrogen) atoms. The Hall–Kier alpha value is -0.300. The van der Waals surface area contributed by atoms with Gasteiger partial charge in [0.25, 0.3) is 0 Å². The molecule has 96 valence electrons. The normalized spacial score (nSPS) is 44.4. The first-order valence-electron chi connectivity index (χ1n) is 7.73. The summed E-state index contributed by atoms with van der Waals surface area (Å²) in [6, 6.07) is 0.819. The number of fused-ring (bicyclic) bond motifs is 1. The molecule has 0 aromatic carbocycles. The second kappa shape index (κ2) is 5.14. The summed E-state index contributed by atoms with van der Waals surface area (Å²) in [5.41, 5.74) is 0. The third-order valence-corrected chi connectivity index (χ3v) is 5.37. The molecule has 0 aromatic rings. The van der Waals surface area contributed by atoms with E-state index >= 15 is 0 Å². The van der Waals surface area contributed by atoms with Gasteiger partial charge in [0.05, 0.1) is 0 Å². The highest BCUT2D eigenvalue weighted by Gasteiger charge is 2.40. The van der Waals surface area contributed by atoms with Gasteiger partial charge in [-0.1, -0.05) is 38.3 Å². The lowest BCUT2D eigenvalue weighted by atomic mass is 9.71. The average Bonchev–Trinajstić information content (AvgIpc) is 2.66. The fourth-order valence-corrected chi connectivity index (χ4v) is 4.24. The predicted octanol–water partition coefficient (Wildman–Crippen LogP) is 3.76. The SMILES string of the molecule is CC1CCCC(CCNC2CC3CC=CC32)C1. The molecule has 0 aliphatic heterocycles. The van der Waals surface area contributed by atoms with Crippen LogP contribution in [0.4, 0.5) is 0 Å². The third-order valence-electron chi connectivity index (χ3n) is 5.37. The van der Waals surface area contributed by atoms with Crippen molar-refractivity contribution >= 4 is 0 Å². The van der Waals surface area contributed by atoms with Crippen molar-refractivity contribution in [3.05, 3.63) is 12.2 Å². The maximum atomic E-state index is 3.80. The van der Waals surface area contributed by atoms with E-state index in [0.717, 1.165) is 29.7 Å². The zero-order chi connectivity index (χ0) is 11.7. The van der Waals surface area contributed by atoms with Gasteiger partial charge in [-0.25, -0.2) is 0 Å². The van der Waals surface area contributed by atoms with Crippen molar-refractivity contribution in [2.45, 2.75) is 57.9 Å². The minimum atomic E-state index is 0.819. The smallest absolute Gasteiger partial charge is 0.0136 e. The number of hydrogen-bond acceptors (Lipinski definition) is 1. The predicted molar refractivity (Wildman–Crippen MR) is 72.9 cm³/mol. The summed E-state index contributed by atoms with van der Waals surface area (Å²) >= 11 is 0. The van der Waals surface area contributed by atoms with Crippen molar-refractivity contribution in [2.75, 3.05) is 6.54 Å². The van der Waals surface area contributed by atoms with Crippen LogP contribution in [0.3, 0.4) is 0 Å². The van der Waals surface area contributed by atoms with Crippen molar-refractivity contribution in [2.24, 2.45) is 23.7 Å². The molecule has 3 aliphatic carbocycles. The van der Waals surface area contributed by atoms with Gasteiger partial charge < -0.3 is 5.32 Å². The highest BCUT2D eigenvalue weighted by Crippen LogP contribution is 2.42. The zero-order valence-corrected chi connectivity index (χ0v) is 11.2. The Balaban J connectivity index is 1.34. The van der Waals surface area contributed by atoms with Gasteiger partial charge >= 0.3 is 0 Å². The molecule has 3 rings (SSSR count). The maximum absolute atomic E-state index is 3.80. The topological polar surface area (TPSA) is 12.0 Å². The van der Waals surface area contributed by atoms with E-state index in [0.29, 0.717) is 0 Å². The van der Waals surface area contributed by atoms with Crippen LogP contribution < -0.4 is 5.32 Å². The molecular weight excluding hydrogens is 206 g/mol. The highest BCUT2D eigenvalue weighted by atomic mass is 14.9. The number of nitrogens with one attached hydrogen (secondary N) is 1. The minimum absolute atomic E-state index is 0.819. The van der Waals surface area contributed by atoms with E-state index in [-0.39, 0.29) is 0 Å². The zero-order valence-electron chi connectivity index (χ0n) is 11.2. The molecule has 0 aromatic heterocycles. The van der Waals surface area contributed by atoms with Crippen molar-refractivity contribution in [3.8, 4) is 0 Å². The van der Waals surface area contributed by atoms with Gasteiger partial charge in [0.1, 0.15) is 0 Å². The Morgan fingerprint density at radius 2 is 2.18 bits per heavy atom. The van der Waals surface area contributed by atoms with E-state index in [4.69, 9.17) is 0 Å². The van der Waals surface area contributed by atoms with Gasteiger partial charge in [-0.15, -0.1) is 0 Å². The fourth-order valence-electron chi connectivity index (χ4n) is 4.24. The monoisotopic (exact) mass is 233 g/mol. The first-order valence-corrected chi connectivity index (χ1v) is 7.73. The van der Waals surface area contributed by atoms with Crippen molar-refractivity contribution < 1.29 is 0 Å². The van der Waals surface area contributed by atoms with Crippen LogP contribution in [0.2, 0.25) is 0 Å². The molecule has 0 bridgehead atoms. The second-order valence-electron chi connectivity index (χ2n) is 6.72. The standard InChI is InChI=1S/C16H27N/c1-12-4-2-5-13(10-12)8-9-17-16-11-14-6-3-7-15(14)16/h3,7,12-17H,2,4-6,8-11H2,1H3.